The monoisotopic (exact) mass is 250 g/mol. The second-order valence-electron chi connectivity index (χ2n) is 4.66. The molecule has 0 fully saturated rings. The largest absolute Gasteiger partial charge is 0.444 e. The normalized spacial score (nSPS) is 11.5. The van der Waals surface area contributed by atoms with Gasteiger partial charge in [-0.25, -0.2) is 14.8 Å². The Hall–Kier alpha value is -2.11. The zero-order valence-corrected chi connectivity index (χ0v) is 10.8. The predicted molar refractivity (Wildman–Crippen MR) is 69.7 cm³/mol. The molecule has 1 heterocycles. The highest BCUT2D eigenvalue weighted by Crippen LogP contribution is 2.06. The van der Waals surface area contributed by atoms with Gasteiger partial charge in [-0.05, 0) is 20.8 Å². The van der Waals surface area contributed by atoms with Gasteiger partial charge in [0.25, 0.3) is 0 Å². The van der Waals surface area contributed by atoms with Gasteiger partial charge in [0.15, 0.2) is 0 Å². The molecule has 0 unspecified atom stereocenters. The van der Waals surface area contributed by atoms with Crippen molar-refractivity contribution in [2.24, 2.45) is 0 Å². The van der Waals surface area contributed by atoms with Crippen LogP contribution in [0.3, 0.4) is 0 Å². The maximum atomic E-state index is 11.3. The number of hydrogen-bond acceptors (Lipinski definition) is 5. The van der Waals surface area contributed by atoms with Gasteiger partial charge in [0.2, 0.25) is 5.95 Å². The molecule has 3 N–H and O–H groups in total. The summed E-state index contributed by atoms with van der Waals surface area (Å²) in [6.07, 6.45) is 6.33. The molecular formula is C12H18N4O2. The summed E-state index contributed by atoms with van der Waals surface area (Å²) in [5.74, 6) is 0.235. The molecule has 1 amide bonds. The zero-order valence-electron chi connectivity index (χ0n) is 10.8. The van der Waals surface area contributed by atoms with E-state index in [9.17, 15) is 4.79 Å². The van der Waals surface area contributed by atoms with Crippen LogP contribution in [0.5, 0.6) is 0 Å². The lowest BCUT2D eigenvalue weighted by atomic mass is 10.2. The Morgan fingerprint density at radius 2 is 2.06 bits per heavy atom. The van der Waals surface area contributed by atoms with E-state index in [1.165, 1.54) is 0 Å². The quantitative estimate of drug-likeness (QED) is 0.850. The van der Waals surface area contributed by atoms with Gasteiger partial charge in [0.05, 0.1) is 0 Å². The molecule has 0 aliphatic rings. The van der Waals surface area contributed by atoms with E-state index in [2.05, 4.69) is 15.3 Å². The highest BCUT2D eigenvalue weighted by molar-refractivity contribution is 5.68. The van der Waals surface area contributed by atoms with Crippen LogP contribution in [0.15, 0.2) is 18.5 Å². The summed E-state index contributed by atoms with van der Waals surface area (Å²) >= 11 is 0. The molecule has 1 rings (SSSR count). The number of hydrogen-bond donors (Lipinski definition) is 2. The van der Waals surface area contributed by atoms with E-state index in [0.717, 1.165) is 5.56 Å². The predicted octanol–water partition coefficient (Wildman–Crippen LogP) is 1.60. The minimum absolute atomic E-state index is 0.235. The lowest BCUT2D eigenvalue weighted by molar-refractivity contribution is 0.0534. The van der Waals surface area contributed by atoms with E-state index in [0.29, 0.717) is 6.54 Å². The average Bonchev–Trinajstić information content (AvgIpc) is 2.24. The number of nitrogens with zero attached hydrogens (tertiary/aromatic N) is 2. The number of carbonyl (C=O) groups excluding carboxylic acids is 1. The van der Waals surface area contributed by atoms with Crippen molar-refractivity contribution in [3.05, 3.63) is 24.0 Å². The standard InChI is InChI=1S/C12H18N4O2/c1-12(2,3)18-11(17)14-6-4-5-9-7-15-10(13)16-8-9/h4-5,7-8H,6H2,1-3H3,(H,14,17)(H2,13,15,16). The van der Waals surface area contributed by atoms with Crippen LogP contribution in [0.2, 0.25) is 0 Å². The molecule has 18 heavy (non-hydrogen) atoms. The first kappa shape index (κ1) is 14.0. The highest BCUT2D eigenvalue weighted by Gasteiger charge is 2.14. The first-order valence-electron chi connectivity index (χ1n) is 5.58. The number of aromatic nitrogens is 2. The van der Waals surface area contributed by atoms with Crippen molar-refractivity contribution >= 4 is 18.1 Å². The Kier molecular flexibility index (Phi) is 4.65. The van der Waals surface area contributed by atoms with Gasteiger partial charge < -0.3 is 15.8 Å². The van der Waals surface area contributed by atoms with E-state index in [1.807, 2.05) is 20.8 Å². The number of amides is 1. The number of carbonyl (C=O) groups is 1. The van der Waals surface area contributed by atoms with Crippen molar-refractivity contribution in [1.29, 1.82) is 0 Å². The molecule has 0 atom stereocenters. The van der Waals surface area contributed by atoms with E-state index in [1.54, 1.807) is 24.5 Å². The third-order valence-electron chi connectivity index (χ3n) is 1.77. The lowest BCUT2D eigenvalue weighted by Crippen LogP contribution is -2.32. The average molecular weight is 250 g/mol. The maximum absolute atomic E-state index is 11.3. The van der Waals surface area contributed by atoms with Gasteiger partial charge >= 0.3 is 6.09 Å². The Morgan fingerprint density at radius 3 is 2.61 bits per heavy atom. The van der Waals surface area contributed by atoms with Crippen LogP contribution in [0, 0.1) is 0 Å². The van der Waals surface area contributed by atoms with Crippen molar-refractivity contribution in [3.8, 4) is 0 Å². The molecule has 98 valence electrons. The third-order valence-corrected chi connectivity index (χ3v) is 1.77. The minimum atomic E-state index is -0.488. The number of alkyl carbamates (subject to hydrolysis) is 1. The van der Waals surface area contributed by atoms with E-state index in [4.69, 9.17) is 10.5 Å². The van der Waals surface area contributed by atoms with Crippen molar-refractivity contribution in [2.75, 3.05) is 12.3 Å². The number of rotatable bonds is 3. The molecular weight excluding hydrogens is 232 g/mol. The first-order valence-corrected chi connectivity index (χ1v) is 5.58. The maximum Gasteiger partial charge on any atom is 0.407 e. The molecule has 0 aliphatic heterocycles. The van der Waals surface area contributed by atoms with Crippen molar-refractivity contribution < 1.29 is 9.53 Å². The summed E-state index contributed by atoms with van der Waals surface area (Å²) in [6.45, 7) is 5.82. The van der Waals surface area contributed by atoms with Gasteiger partial charge in [-0.2, -0.15) is 0 Å². The summed E-state index contributed by atoms with van der Waals surface area (Å²) in [5, 5.41) is 2.61. The number of ether oxygens (including phenoxy) is 1. The van der Waals surface area contributed by atoms with Crippen LogP contribution >= 0.6 is 0 Å². The molecule has 0 aliphatic carbocycles. The smallest absolute Gasteiger partial charge is 0.407 e. The minimum Gasteiger partial charge on any atom is -0.444 e. The zero-order chi connectivity index (χ0) is 13.6. The number of nitrogen functional groups attached to an aromatic ring is 1. The summed E-state index contributed by atoms with van der Waals surface area (Å²) in [7, 11) is 0. The Bertz CT molecular complexity index is 421. The van der Waals surface area contributed by atoms with Gasteiger partial charge in [-0.3, -0.25) is 0 Å². The fourth-order valence-electron chi connectivity index (χ4n) is 1.09. The topological polar surface area (TPSA) is 90.1 Å². The molecule has 0 aromatic carbocycles. The van der Waals surface area contributed by atoms with Gasteiger partial charge in [-0.1, -0.05) is 12.2 Å². The highest BCUT2D eigenvalue weighted by atomic mass is 16.6. The molecule has 6 nitrogen and oxygen atoms in total. The lowest BCUT2D eigenvalue weighted by Gasteiger charge is -2.19. The number of nitrogens with two attached hydrogens (primary N) is 1. The molecule has 1 aromatic rings. The van der Waals surface area contributed by atoms with Crippen LogP contribution in [-0.2, 0) is 4.74 Å². The van der Waals surface area contributed by atoms with Crippen LogP contribution in [0.25, 0.3) is 6.08 Å². The Balaban J connectivity index is 2.33. The van der Waals surface area contributed by atoms with Crippen molar-refractivity contribution in [3.63, 3.8) is 0 Å². The molecule has 1 aromatic heterocycles. The van der Waals surface area contributed by atoms with E-state index in [-0.39, 0.29) is 5.95 Å². The molecule has 0 spiro atoms. The third kappa shape index (κ3) is 5.83. The van der Waals surface area contributed by atoms with Gasteiger partial charge in [0.1, 0.15) is 5.60 Å². The summed E-state index contributed by atoms with van der Waals surface area (Å²) < 4.78 is 5.08. The molecule has 0 saturated heterocycles. The fraction of sp³-hybridized carbons (Fsp3) is 0.417. The van der Waals surface area contributed by atoms with Crippen LogP contribution in [0.1, 0.15) is 26.3 Å². The Morgan fingerprint density at radius 1 is 1.44 bits per heavy atom. The summed E-state index contributed by atoms with van der Waals surface area (Å²) in [4.78, 5) is 19.0. The number of nitrogens with one attached hydrogen (secondary N) is 1. The molecule has 0 radical (unpaired) electrons. The van der Waals surface area contributed by atoms with Gasteiger partial charge in [0, 0.05) is 24.5 Å². The summed E-state index contributed by atoms with van der Waals surface area (Å²) in [5.41, 5.74) is 5.69. The van der Waals surface area contributed by atoms with Crippen LogP contribution < -0.4 is 11.1 Å². The second kappa shape index (κ2) is 6.00. The van der Waals surface area contributed by atoms with Crippen LogP contribution in [-0.4, -0.2) is 28.2 Å². The SMILES string of the molecule is CC(C)(C)OC(=O)NCC=Cc1cnc(N)nc1. The van der Waals surface area contributed by atoms with Crippen LogP contribution in [0.4, 0.5) is 10.7 Å². The number of anilines is 1. The summed E-state index contributed by atoms with van der Waals surface area (Å²) in [6, 6.07) is 0. The first-order chi connectivity index (χ1) is 8.37. The Labute approximate surface area is 106 Å². The van der Waals surface area contributed by atoms with Gasteiger partial charge in [-0.15, -0.1) is 0 Å². The van der Waals surface area contributed by atoms with E-state index >= 15 is 0 Å². The van der Waals surface area contributed by atoms with E-state index < -0.39 is 11.7 Å². The fourth-order valence-corrected chi connectivity index (χ4v) is 1.09. The molecule has 0 saturated carbocycles. The molecule has 6 heteroatoms. The molecule has 0 bridgehead atoms. The van der Waals surface area contributed by atoms with Crippen molar-refractivity contribution in [1.82, 2.24) is 15.3 Å². The van der Waals surface area contributed by atoms with Crippen molar-refractivity contribution in [2.45, 2.75) is 26.4 Å². The second-order valence-corrected chi connectivity index (χ2v) is 4.66.